The number of fused-ring (bicyclic) bond motifs is 2. The molecule has 0 atom stereocenters. The van der Waals surface area contributed by atoms with Crippen LogP contribution in [0.15, 0.2) is 82.7 Å². The second kappa shape index (κ2) is 8.84. The Morgan fingerprint density at radius 2 is 1.73 bits per heavy atom. The van der Waals surface area contributed by atoms with Crippen LogP contribution in [0.25, 0.3) is 26.7 Å². The van der Waals surface area contributed by atoms with Gasteiger partial charge in [0.05, 0.1) is 16.8 Å². The number of benzene rings is 3. The van der Waals surface area contributed by atoms with Crippen molar-refractivity contribution in [2.45, 2.75) is 19.0 Å². The number of hydrogen-bond acceptors (Lipinski definition) is 5. The molecule has 0 aliphatic carbocycles. The summed E-state index contributed by atoms with van der Waals surface area (Å²) in [5.41, 5.74) is 2.33. The first-order valence-corrected chi connectivity index (χ1v) is 12.3. The average molecular weight is 472 g/mol. The highest BCUT2D eigenvalue weighted by Gasteiger charge is 2.18. The zero-order chi connectivity index (χ0) is 22.9. The lowest BCUT2D eigenvalue weighted by Gasteiger charge is -2.12. The Bertz CT molecular complexity index is 1560. The third-order valence-electron chi connectivity index (χ3n) is 5.55. The Kier molecular flexibility index (Phi) is 5.74. The highest BCUT2D eigenvalue weighted by molar-refractivity contribution is 7.99. The Hall–Kier alpha value is -3.42. The fourth-order valence-electron chi connectivity index (χ4n) is 3.77. The Morgan fingerprint density at radius 3 is 2.52 bits per heavy atom. The molecule has 2 heterocycles. The Labute approximate surface area is 199 Å². The van der Waals surface area contributed by atoms with Crippen LogP contribution in [0.2, 0.25) is 0 Å². The van der Waals surface area contributed by atoms with E-state index >= 15 is 0 Å². The smallest absolute Gasteiger partial charge is 0.267 e. The number of carbonyl (C=O) groups is 1. The first-order chi connectivity index (χ1) is 16.0. The van der Waals surface area contributed by atoms with Gasteiger partial charge in [0, 0.05) is 10.6 Å². The van der Waals surface area contributed by atoms with Gasteiger partial charge in [-0.3, -0.25) is 14.2 Å². The van der Waals surface area contributed by atoms with Gasteiger partial charge in [-0.1, -0.05) is 60.3 Å². The predicted molar refractivity (Wildman–Crippen MR) is 138 cm³/mol. The summed E-state index contributed by atoms with van der Waals surface area (Å²) in [6, 6.07) is 23.3. The number of rotatable bonds is 5. The van der Waals surface area contributed by atoms with E-state index in [9.17, 15) is 9.59 Å². The number of carbonyl (C=O) groups excluding carboxylic acids is 1. The SMILES string of the molecule is Cc1sc2nc(SCC(=O)Nc3ccc4ccccc4c3)n(-c3ccccc3)c(=O)c2c1C. The monoisotopic (exact) mass is 471 g/mol. The molecule has 0 saturated carbocycles. The molecule has 33 heavy (non-hydrogen) atoms. The molecule has 1 N–H and O–H groups in total. The molecule has 164 valence electrons. The van der Waals surface area contributed by atoms with E-state index in [0.29, 0.717) is 15.4 Å². The molecule has 0 bridgehead atoms. The van der Waals surface area contributed by atoms with Gasteiger partial charge in [0.15, 0.2) is 5.16 Å². The number of thiophene rings is 1. The standard InChI is InChI=1S/C26H21N3O2S2/c1-16-17(2)33-24-23(16)25(31)29(21-10-4-3-5-11-21)26(28-24)32-15-22(30)27-20-13-12-18-8-6-7-9-19(18)14-20/h3-14H,15H2,1-2H3,(H,27,30). The van der Waals surface area contributed by atoms with Gasteiger partial charge >= 0.3 is 0 Å². The number of thioether (sulfide) groups is 1. The van der Waals surface area contributed by atoms with E-state index in [1.54, 1.807) is 4.57 Å². The Morgan fingerprint density at radius 1 is 1.00 bits per heavy atom. The maximum absolute atomic E-state index is 13.5. The van der Waals surface area contributed by atoms with Crippen molar-refractivity contribution in [1.82, 2.24) is 9.55 Å². The first-order valence-electron chi connectivity index (χ1n) is 10.5. The predicted octanol–water partition coefficient (Wildman–Crippen LogP) is 5.95. The van der Waals surface area contributed by atoms with E-state index in [1.807, 2.05) is 86.6 Å². The maximum Gasteiger partial charge on any atom is 0.267 e. The van der Waals surface area contributed by atoms with Crippen molar-refractivity contribution in [1.29, 1.82) is 0 Å². The lowest BCUT2D eigenvalue weighted by molar-refractivity contribution is -0.113. The molecule has 0 saturated heterocycles. The van der Waals surface area contributed by atoms with Crippen molar-refractivity contribution in [3.8, 4) is 5.69 Å². The topological polar surface area (TPSA) is 64.0 Å². The van der Waals surface area contributed by atoms with Gasteiger partial charge in [-0.25, -0.2) is 4.98 Å². The van der Waals surface area contributed by atoms with Crippen LogP contribution in [-0.2, 0) is 4.79 Å². The van der Waals surface area contributed by atoms with Gasteiger partial charge in [-0.2, -0.15) is 0 Å². The molecule has 0 fully saturated rings. The van der Waals surface area contributed by atoms with Gasteiger partial charge in [-0.05, 0) is 54.4 Å². The minimum absolute atomic E-state index is 0.106. The van der Waals surface area contributed by atoms with Crippen molar-refractivity contribution in [3.05, 3.63) is 93.6 Å². The maximum atomic E-state index is 13.5. The van der Waals surface area contributed by atoms with Gasteiger partial charge in [0.1, 0.15) is 4.83 Å². The van der Waals surface area contributed by atoms with Gasteiger partial charge in [0.25, 0.3) is 5.56 Å². The number of hydrogen-bond donors (Lipinski definition) is 1. The van der Waals surface area contributed by atoms with Crippen LogP contribution in [0.5, 0.6) is 0 Å². The van der Waals surface area contributed by atoms with E-state index in [2.05, 4.69) is 5.32 Å². The van der Waals surface area contributed by atoms with Crippen LogP contribution in [0.4, 0.5) is 5.69 Å². The summed E-state index contributed by atoms with van der Waals surface area (Å²) in [5.74, 6) is -0.0104. The van der Waals surface area contributed by atoms with Crippen LogP contribution in [-0.4, -0.2) is 21.2 Å². The van der Waals surface area contributed by atoms with Crippen LogP contribution >= 0.6 is 23.1 Å². The van der Waals surface area contributed by atoms with Crippen molar-refractivity contribution in [3.63, 3.8) is 0 Å². The molecular formula is C26H21N3O2S2. The minimum atomic E-state index is -0.150. The quantitative estimate of drug-likeness (QED) is 0.254. The van der Waals surface area contributed by atoms with Crippen molar-refractivity contribution in [2.24, 2.45) is 0 Å². The molecule has 3 aromatic carbocycles. The molecule has 2 aromatic heterocycles. The van der Waals surface area contributed by atoms with E-state index in [4.69, 9.17) is 4.98 Å². The van der Waals surface area contributed by atoms with E-state index in [-0.39, 0.29) is 17.2 Å². The molecule has 0 spiro atoms. The van der Waals surface area contributed by atoms with Gasteiger partial charge in [-0.15, -0.1) is 11.3 Å². The van der Waals surface area contributed by atoms with Crippen molar-refractivity contribution in [2.75, 3.05) is 11.1 Å². The second-order valence-corrected chi connectivity index (χ2v) is 9.88. The normalized spacial score (nSPS) is 11.2. The van der Waals surface area contributed by atoms with Crippen molar-refractivity contribution < 1.29 is 4.79 Å². The number of nitrogens with one attached hydrogen (secondary N) is 1. The average Bonchev–Trinajstić information content (AvgIpc) is 3.11. The lowest BCUT2D eigenvalue weighted by Crippen LogP contribution is -2.22. The molecule has 5 nitrogen and oxygen atoms in total. The van der Waals surface area contributed by atoms with E-state index < -0.39 is 0 Å². The van der Waals surface area contributed by atoms with Gasteiger partial charge < -0.3 is 5.32 Å². The summed E-state index contributed by atoms with van der Waals surface area (Å²) in [6.45, 7) is 3.95. The van der Waals surface area contributed by atoms with Crippen LogP contribution in [0.3, 0.4) is 0 Å². The summed E-state index contributed by atoms with van der Waals surface area (Å²) in [5, 5.41) is 6.30. The van der Waals surface area contributed by atoms with Crippen LogP contribution in [0, 0.1) is 13.8 Å². The number of anilines is 1. The summed E-state index contributed by atoms with van der Waals surface area (Å²) in [4.78, 5) is 32.8. The second-order valence-electron chi connectivity index (χ2n) is 7.73. The summed E-state index contributed by atoms with van der Waals surface area (Å²) in [7, 11) is 0. The molecule has 0 aliphatic heterocycles. The first kappa shape index (κ1) is 21.4. The zero-order valence-corrected chi connectivity index (χ0v) is 19.8. The zero-order valence-electron chi connectivity index (χ0n) is 18.2. The minimum Gasteiger partial charge on any atom is -0.325 e. The number of para-hydroxylation sites is 1. The highest BCUT2D eigenvalue weighted by Crippen LogP contribution is 2.29. The number of aryl methyl sites for hydroxylation is 2. The molecule has 1 amide bonds. The third-order valence-corrected chi connectivity index (χ3v) is 7.59. The molecule has 5 rings (SSSR count). The number of nitrogens with zero attached hydrogens (tertiary/aromatic N) is 2. The van der Waals surface area contributed by atoms with E-state index in [0.717, 1.165) is 32.6 Å². The van der Waals surface area contributed by atoms with Gasteiger partial charge in [0.2, 0.25) is 5.91 Å². The van der Waals surface area contributed by atoms with E-state index in [1.165, 1.54) is 23.1 Å². The molecule has 0 aliphatic rings. The summed E-state index contributed by atoms with van der Waals surface area (Å²) in [6.07, 6.45) is 0. The van der Waals surface area contributed by atoms with Crippen molar-refractivity contribution >= 4 is 55.7 Å². The largest absolute Gasteiger partial charge is 0.325 e. The summed E-state index contributed by atoms with van der Waals surface area (Å²) >= 11 is 2.77. The van der Waals surface area contributed by atoms with Crippen LogP contribution in [0.1, 0.15) is 10.4 Å². The number of amides is 1. The molecule has 0 unspecified atom stereocenters. The third kappa shape index (κ3) is 4.17. The lowest BCUT2D eigenvalue weighted by atomic mass is 10.1. The summed E-state index contributed by atoms with van der Waals surface area (Å²) < 4.78 is 1.61. The molecule has 7 heteroatoms. The Balaban J connectivity index is 1.45. The highest BCUT2D eigenvalue weighted by atomic mass is 32.2. The molecule has 5 aromatic rings. The molecular weight excluding hydrogens is 450 g/mol. The fraction of sp³-hybridized carbons (Fsp3) is 0.115. The van der Waals surface area contributed by atoms with Crippen LogP contribution < -0.4 is 10.9 Å². The number of aromatic nitrogens is 2. The fourth-order valence-corrected chi connectivity index (χ4v) is 5.65. The molecule has 0 radical (unpaired) electrons.